The number of anilines is 1. The van der Waals surface area contributed by atoms with Crippen molar-refractivity contribution in [2.45, 2.75) is 25.8 Å². The predicted molar refractivity (Wildman–Crippen MR) is 77.1 cm³/mol. The first-order valence-electron chi connectivity index (χ1n) is 6.30. The quantitative estimate of drug-likeness (QED) is 0.624. The lowest BCUT2D eigenvalue weighted by Crippen LogP contribution is -2.33. The number of nitrogens with two attached hydrogens (primary N) is 1. The fourth-order valence-corrected chi connectivity index (χ4v) is 1.99. The zero-order chi connectivity index (χ0) is 13.8. The minimum atomic E-state index is -0.215. The van der Waals surface area contributed by atoms with Crippen molar-refractivity contribution in [3.8, 4) is 0 Å². The first kappa shape index (κ1) is 13.7. The highest BCUT2D eigenvalue weighted by Crippen LogP contribution is 2.31. The van der Waals surface area contributed by atoms with Crippen molar-refractivity contribution in [1.29, 1.82) is 0 Å². The van der Waals surface area contributed by atoms with Crippen molar-refractivity contribution in [3.05, 3.63) is 24.0 Å². The van der Waals surface area contributed by atoms with Gasteiger partial charge < -0.3 is 15.4 Å². The number of rotatable bonds is 6. The number of pyridine rings is 1. The molecule has 1 saturated carbocycles. The van der Waals surface area contributed by atoms with E-state index >= 15 is 0 Å². The fraction of sp³-hybridized carbons (Fsp3) is 0.462. The van der Waals surface area contributed by atoms with Crippen molar-refractivity contribution >= 4 is 28.9 Å². The Morgan fingerprint density at radius 1 is 1.58 bits per heavy atom. The molecule has 1 fully saturated rings. The molecule has 0 aliphatic heterocycles. The van der Waals surface area contributed by atoms with E-state index in [0.29, 0.717) is 18.3 Å². The summed E-state index contributed by atoms with van der Waals surface area (Å²) in [6.45, 7) is 2.46. The topological polar surface area (TPSA) is 68.5 Å². The zero-order valence-corrected chi connectivity index (χ0v) is 11.7. The number of aromatic nitrogens is 1. The average molecular weight is 279 g/mol. The van der Waals surface area contributed by atoms with Crippen molar-refractivity contribution in [1.82, 2.24) is 4.98 Å². The van der Waals surface area contributed by atoms with E-state index in [1.54, 1.807) is 19.2 Å². The molecule has 6 heteroatoms. The smallest absolute Gasteiger partial charge is 0.325 e. The van der Waals surface area contributed by atoms with Crippen molar-refractivity contribution in [3.63, 3.8) is 0 Å². The van der Waals surface area contributed by atoms with Crippen molar-refractivity contribution in [2.75, 3.05) is 18.1 Å². The Labute approximate surface area is 117 Å². The summed E-state index contributed by atoms with van der Waals surface area (Å²) in [5.41, 5.74) is 7.00. The van der Waals surface area contributed by atoms with E-state index in [1.165, 1.54) is 0 Å². The lowest BCUT2D eigenvalue weighted by Gasteiger charge is -2.23. The summed E-state index contributed by atoms with van der Waals surface area (Å²) in [4.78, 5) is 18.1. The third-order valence-electron chi connectivity index (χ3n) is 2.92. The number of hydrogen-bond acceptors (Lipinski definition) is 5. The Hall–Kier alpha value is -1.69. The van der Waals surface area contributed by atoms with Gasteiger partial charge in [-0.2, -0.15) is 0 Å². The first-order chi connectivity index (χ1) is 9.11. The van der Waals surface area contributed by atoms with Gasteiger partial charge in [0.25, 0.3) is 0 Å². The maximum atomic E-state index is 11.6. The van der Waals surface area contributed by atoms with Gasteiger partial charge in [-0.3, -0.25) is 9.78 Å². The summed E-state index contributed by atoms with van der Waals surface area (Å²) in [7, 11) is 0. The van der Waals surface area contributed by atoms with E-state index in [4.69, 9.17) is 22.7 Å². The Balaban J connectivity index is 2.10. The lowest BCUT2D eigenvalue weighted by atomic mass is 10.3. The number of thiocarbonyl (C=S) groups is 1. The molecule has 2 rings (SSSR count). The molecule has 102 valence electrons. The summed E-state index contributed by atoms with van der Waals surface area (Å²) in [6, 6.07) is 4.07. The largest absolute Gasteiger partial charge is 0.465 e. The molecule has 0 aromatic carbocycles. The van der Waals surface area contributed by atoms with Gasteiger partial charge in [0.15, 0.2) is 0 Å². The molecule has 1 aromatic rings. The van der Waals surface area contributed by atoms with Crippen molar-refractivity contribution in [2.24, 2.45) is 5.73 Å². The van der Waals surface area contributed by atoms with Crippen LogP contribution in [0.1, 0.15) is 25.5 Å². The van der Waals surface area contributed by atoms with Gasteiger partial charge in [-0.25, -0.2) is 0 Å². The molecule has 1 aromatic heterocycles. The summed E-state index contributed by atoms with van der Waals surface area (Å²) < 4.78 is 4.99. The standard InChI is InChI=1S/C13H17N3O2S/c1-2-18-12(17)8-16(9-3-4-9)10-5-6-11(13(14)19)15-7-10/h5-7,9H,2-4,8H2,1H3,(H2,14,19). The highest BCUT2D eigenvalue weighted by molar-refractivity contribution is 7.80. The molecule has 19 heavy (non-hydrogen) atoms. The van der Waals surface area contributed by atoms with Crippen LogP contribution in [0.2, 0.25) is 0 Å². The maximum absolute atomic E-state index is 11.6. The predicted octanol–water partition coefficient (Wildman–Crippen LogP) is 1.25. The van der Waals surface area contributed by atoms with Crippen molar-refractivity contribution < 1.29 is 9.53 Å². The second kappa shape index (κ2) is 5.97. The molecule has 1 aliphatic carbocycles. The third kappa shape index (κ3) is 3.64. The van der Waals surface area contributed by atoms with E-state index in [0.717, 1.165) is 18.5 Å². The Kier molecular flexibility index (Phi) is 4.31. The van der Waals surface area contributed by atoms with Gasteiger partial charge in [0.05, 0.1) is 24.2 Å². The van der Waals surface area contributed by atoms with Crippen LogP contribution < -0.4 is 10.6 Å². The van der Waals surface area contributed by atoms with Gasteiger partial charge in [0, 0.05) is 6.04 Å². The van der Waals surface area contributed by atoms with Crippen LogP contribution in [0.5, 0.6) is 0 Å². The average Bonchev–Trinajstić information content (AvgIpc) is 3.21. The van der Waals surface area contributed by atoms with Crippen LogP contribution in [0.15, 0.2) is 18.3 Å². The van der Waals surface area contributed by atoms with Crippen LogP contribution in [-0.4, -0.2) is 35.1 Å². The molecular formula is C13H17N3O2S. The van der Waals surface area contributed by atoms with Gasteiger partial charge in [-0.05, 0) is 31.9 Å². The molecular weight excluding hydrogens is 262 g/mol. The minimum absolute atomic E-state index is 0.215. The van der Waals surface area contributed by atoms with E-state index < -0.39 is 0 Å². The Bertz CT molecular complexity index is 471. The summed E-state index contributed by atoms with van der Waals surface area (Å²) in [5.74, 6) is -0.215. The molecule has 1 aliphatic rings. The van der Waals surface area contributed by atoms with Gasteiger partial charge in [0.1, 0.15) is 11.5 Å². The van der Waals surface area contributed by atoms with Gasteiger partial charge in [0.2, 0.25) is 0 Å². The maximum Gasteiger partial charge on any atom is 0.325 e. The Morgan fingerprint density at radius 3 is 2.79 bits per heavy atom. The van der Waals surface area contributed by atoms with E-state index in [9.17, 15) is 4.79 Å². The summed E-state index contributed by atoms with van der Waals surface area (Å²) in [5, 5.41) is 0. The molecule has 0 atom stereocenters. The van der Waals surface area contributed by atoms with Crippen LogP contribution in [0.3, 0.4) is 0 Å². The summed E-state index contributed by atoms with van der Waals surface area (Å²) >= 11 is 4.87. The van der Waals surface area contributed by atoms with Crippen LogP contribution in [0.25, 0.3) is 0 Å². The lowest BCUT2D eigenvalue weighted by molar-refractivity contribution is -0.141. The summed E-state index contributed by atoms with van der Waals surface area (Å²) in [6.07, 6.45) is 3.89. The number of ether oxygens (including phenoxy) is 1. The number of nitrogens with zero attached hydrogens (tertiary/aromatic N) is 2. The molecule has 5 nitrogen and oxygen atoms in total. The van der Waals surface area contributed by atoms with E-state index in [-0.39, 0.29) is 17.5 Å². The molecule has 0 saturated heterocycles. The van der Waals surface area contributed by atoms with Crippen LogP contribution >= 0.6 is 12.2 Å². The van der Waals surface area contributed by atoms with Gasteiger partial charge in [-0.1, -0.05) is 12.2 Å². The zero-order valence-electron chi connectivity index (χ0n) is 10.8. The molecule has 0 amide bonds. The highest BCUT2D eigenvalue weighted by atomic mass is 32.1. The van der Waals surface area contributed by atoms with Crippen LogP contribution in [0, 0.1) is 0 Å². The van der Waals surface area contributed by atoms with E-state index in [2.05, 4.69) is 4.98 Å². The van der Waals surface area contributed by atoms with Crippen LogP contribution in [0.4, 0.5) is 5.69 Å². The third-order valence-corrected chi connectivity index (χ3v) is 3.13. The Morgan fingerprint density at radius 2 is 2.32 bits per heavy atom. The normalized spacial score (nSPS) is 13.9. The van der Waals surface area contributed by atoms with Gasteiger partial charge in [-0.15, -0.1) is 0 Å². The fourth-order valence-electron chi connectivity index (χ4n) is 1.86. The highest BCUT2D eigenvalue weighted by Gasteiger charge is 2.31. The van der Waals surface area contributed by atoms with Gasteiger partial charge >= 0.3 is 5.97 Å². The number of esters is 1. The number of hydrogen-bond donors (Lipinski definition) is 1. The van der Waals surface area contributed by atoms with E-state index in [1.807, 2.05) is 11.0 Å². The molecule has 0 spiro atoms. The molecule has 0 unspecified atom stereocenters. The van der Waals surface area contributed by atoms with Crippen LogP contribution in [-0.2, 0) is 9.53 Å². The molecule has 0 bridgehead atoms. The molecule has 1 heterocycles. The number of carbonyl (C=O) groups excluding carboxylic acids is 1. The minimum Gasteiger partial charge on any atom is -0.465 e. The number of carbonyl (C=O) groups is 1. The second-order valence-corrected chi connectivity index (χ2v) is 4.87. The first-order valence-corrected chi connectivity index (χ1v) is 6.70. The molecule has 2 N–H and O–H groups in total. The second-order valence-electron chi connectivity index (χ2n) is 4.43. The monoisotopic (exact) mass is 279 g/mol. The molecule has 0 radical (unpaired) electrons. The SMILES string of the molecule is CCOC(=O)CN(c1ccc(C(N)=S)nc1)C1CC1.